The molecule has 28 heavy (non-hydrogen) atoms. The van der Waals surface area contributed by atoms with Crippen LogP contribution in [-0.2, 0) is 11.0 Å². The molecule has 1 N–H and O–H groups in total. The fourth-order valence-corrected chi connectivity index (χ4v) is 2.27. The first-order chi connectivity index (χ1) is 12.9. The standard InChI is InChI=1S/C13H6ClF7N4O3/c14-2-1-5(26)23-12-4(25(27)28)3-22-24(12)11-9(17)7(15)6(13(19,20)21)8(16)10(11)18/h3H,1-2H2,(H,23,26). The van der Waals surface area contributed by atoms with E-state index in [0.29, 0.717) is 6.20 Å². The number of halogens is 8. The molecule has 1 aromatic heterocycles. The van der Waals surface area contributed by atoms with E-state index >= 15 is 0 Å². The van der Waals surface area contributed by atoms with Gasteiger partial charge in [-0.25, -0.2) is 22.2 Å². The number of hydrogen-bond acceptors (Lipinski definition) is 4. The lowest BCUT2D eigenvalue weighted by Gasteiger charge is -2.15. The van der Waals surface area contributed by atoms with E-state index in [1.807, 2.05) is 5.32 Å². The van der Waals surface area contributed by atoms with Crippen LogP contribution >= 0.6 is 11.6 Å². The maximum absolute atomic E-state index is 14.1. The van der Waals surface area contributed by atoms with Crippen molar-refractivity contribution in [1.29, 1.82) is 0 Å². The normalized spacial score (nSPS) is 11.6. The van der Waals surface area contributed by atoms with Gasteiger partial charge < -0.3 is 5.32 Å². The Balaban J connectivity index is 2.79. The average molecular weight is 435 g/mol. The molecule has 0 spiro atoms. The number of benzene rings is 1. The van der Waals surface area contributed by atoms with Gasteiger partial charge in [-0.15, -0.1) is 11.6 Å². The molecule has 0 unspecified atom stereocenters. The van der Waals surface area contributed by atoms with Crippen molar-refractivity contribution in [3.63, 3.8) is 0 Å². The predicted octanol–water partition coefficient (Wildman–Crippen LogP) is 3.92. The van der Waals surface area contributed by atoms with Gasteiger partial charge in [-0.1, -0.05) is 0 Å². The van der Waals surface area contributed by atoms with Crippen LogP contribution in [0.5, 0.6) is 0 Å². The van der Waals surface area contributed by atoms with Gasteiger partial charge in [0.2, 0.25) is 11.7 Å². The maximum atomic E-state index is 14.1. The van der Waals surface area contributed by atoms with Crippen molar-refractivity contribution in [2.24, 2.45) is 0 Å². The SMILES string of the molecule is O=C(CCCl)Nc1c([N+](=O)[O-])cnn1-c1c(F)c(F)c(C(F)(F)F)c(F)c1F. The first kappa shape index (κ1) is 21.4. The topological polar surface area (TPSA) is 90.1 Å². The minimum absolute atomic E-state index is 0.138. The minimum Gasteiger partial charge on any atom is -0.305 e. The van der Waals surface area contributed by atoms with Crippen molar-refractivity contribution in [2.45, 2.75) is 12.6 Å². The molecule has 0 aliphatic heterocycles. The minimum atomic E-state index is -5.78. The average Bonchev–Trinajstić information content (AvgIpc) is 2.96. The zero-order chi connectivity index (χ0) is 21.4. The number of carbonyl (C=O) groups is 1. The van der Waals surface area contributed by atoms with E-state index in [1.165, 1.54) is 0 Å². The molecule has 0 aliphatic carbocycles. The van der Waals surface area contributed by atoms with Crippen molar-refractivity contribution in [2.75, 3.05) is 11.2 Å². The summed E-state index contributed by atoms with van der Waals surface area (Å²) in [6.07, 6.45) is -5.84. The smallest absolute Gasteiger partial charge is 0.305 e. The van der Waals surface area contributed by atoms with Gasteiger partial charge in [0, 0.05) is 12.3 Å². The monoisotopic (exact) mass is 434 g/mol. The Bertz CT molecular complexity index is 932. The lowest BCUT2D eigenvalue weighted by Crippen LogP contribution is -2.20. The van der Waals surface area contributed by atoms with Gasteiger partial charge >= 0.3 is 11.9 Å². The van der Waals surface area contributed by atoms with Gasteiger partial charge in [-0.3, -0.25) is 14.9 Å². The number of nitrogens with one attached hydrogen (secondary N) is 1. The summed E-state index contributed by atoms with van der Waals surface area (Å²) in [5, 5.41) is 15.9. The number of carbonyl (C=O) groups excluding carboxylic acids is 1. The van der Waals surface area contributed by atoms with E-state index in [-0.39, 0.29) is 10.6 Å². The summed E-state index contributed by atoms with van der Waals surface area (Å²) < 4.78 is 93.7. The van der Waals surface area contributed by atoms with Crippen LogP contribution in [0.1, 0.15) is 12.0 Å². The molecule has 1 amide bonds. The number of nitrogens with zero attached hydrogens (tertiary/aromatic N) is 3. The highest BCUT2D eigenvalue weighted by molar-refractivity contribution is 6.19. The molecule has 0 aliphatic rings. The van der Waals surface area contributed by atoms with Crippen LogP contribution in [-0.4, -0.2) is 26.5 Å². The molecule has 7 nitrogen and oxygen atoms in total. The lowest BCUT2D eigenvalue weighted by molar-refractivity contribution is -0.384. The molecule has 152 valence electrons. The van der Waals surface area contributed by atoms with Crippen LogP contribution in [0.2, 0.25) is 0 Å². The highest BCUT2D eigenvalue weighted by Crippen LogP contribution is 2.39. The number of rotatable bonds is 5. The molecule has 0 saturated heterocycles. The van der Waals surface area contributed by atoms with Crippen LogP contribution in [0.4, 0.5) is 42.2 Å². The first-order valence-electron chi connectivity index (χ1n) is 6.93. The van der Waals surface area contributed by atoms with Gasteiger partial charge in [0.25, 0.3) is 0 Å². The third-order valence-corrected chi connectivity index (χ3v) is 3.45. The number of aromatic nitrogens is 2. The van der Waals surface area contributed by atoms with Crippen LogP contribution in [0.3, 0.4) is 0 Å². The number of nitro groups is 1. The Labute approximate surface area is 154 Å². The molecule has 2 aromatic rings. The van der Waals surface area contributed by atoms with Crippen LogP contribution in [0.15, 0.2) is 6.20 Å². The Kier molecular flexibility index (Phi) is 5.82. The Morgan fingerprint density at radius 2 is 1.71 bits per heavy atom. The predicted molar refractivity (Wildman–Crippen MR) is 79.0 cm³/mol. The molecule has 0 bridgehead atoms. The van der Waals surface area contributed by atoms with Crippen LogP contribution in [0, 0.1) is 33.4 Å². The second-order valence-electron chi connectivity index (χ2n) is 5.01. The lowest BCUT2D eigenvalue weighted by atomic mass is 10.1. The zero-order valence-corrected chi connectivity index (χ0v) is 13.8. The Morgan fingerprint density at radius 3 is 2.14 bits per heavy atom. The fraction of sp³-hybridized carbons (Fsp3) is 0.231. The Hall–Kier alpha value is -2.90. The largest absolute Gasteiger partial charge is 0.422 e. The summed E-state index contributed by atoms with van der Waals surface area (Å²) in [4.78, 5) is 21.4. The van der Waals surface area contributed by atoms with Gasteiger partial charge in [0.05, 0.1) is 4.92 Å². The Morgan fingerprint density at radius 1 is 1.18 bits per heavy atom. The summed E-state index contributed by atoms with van der Waals surface area (Å²) in [7, 11) is 0. The van der Waals surface area contributed by atoms with Gasteiger partial charge in [0.1, 0.15) is 17.4 Å². The molecule has 0 saturated carbocycles. The van der Waals surface area contributed by atoms with Crippen molar-refractivity contribution in [3.8, 4) is 5.69 Å². The van der Waals surface area contributed by atoms with Crippen LogP contribution < -0.4 is 5.32 Å². The molecule has 0 atom stereocenters. The summed E-state index contributed by atoms with van der Waals surface area (Å²) in [5.74, 6) is -13.0. The quantitative estimate of drug-likeness (QED) is 0.254. The second kappa shape index (κ2) is 7.61. The fourth-order valence-electron chi connectivity index (χ4n) is 2.10. The van der Waals surface area contributed by atoms with Crippen molar-refractivity contribution in [1.82, 2.24) is 9.78 Å². The molecule has 15 heteroatoms. The summed E-state index contributed by atoms with van der Waals surface area (Å²) in [6, 6.07) is 0. The van der Waals surface area contributed by atoms with E-state index in [0.717, 1.165) is 0 Å². The number of amides is 1. The van der Waals surface area contributed by atoms with Crippen LogP contribution in [0.25, 0.3) is 5.69 Å². The molecule has 0 radical (unpaired) electrons. The maximum Gasteiger partial charge on any atom is 0.422 e. The van der Waals surface area contributed by atoms with Crippen molar-refractivity contribution < 1.29 is 40.5 Å². The van der Waals surface area contributed by atoms with Gasteiger partial charge in [0.15, 0.2) is 23.3 Å². The van der Waals surface area contributed by atoms with Gasteiger partial charge in [-0.2, -0.15) is 18.3 Å². The summed E-state index contributed by atoms with van der Waals surface area (Å²) in [6.45, 7) is 0. The molecular weight excluding hydrogens is 429 g/mol. The highest BCUT2D eigenvalue weighted by Gasteiger charge is 2.43. The third kappa shape index (κ3) is 3.72. The first-order valence-corrected chi connectivity index (χ1v) is 7.47. The number of hydrogen-bond donors (Lipinski definition) is 1. The third-order valence-electron chi connectivity index (χ3n) is 3.26. The van der Waals surface area contributed by atoms with E-state index < -0.39 is 69.5 Å². The zero-order valence-electron chi connectivity index (χ0n) is 13.1. The molecular formula is C13H6ClF7N4O3. The molecule has 0 fully saturated rings. The number of alkyl halides is 4. The van der Waals surface area contributed by atoms with Crippen molar-refractivity contribution >= 4 is 29.0 Å². The number of anilines is 1. The molecule has 2 rings (SSSR count). The van der Waals surface area contributed by atoms with Gasteiger partial charge in [-0.05, 0) is 0 Å². The molecule has 1 aromatic carbocycles. The molecule has 1 heterocycles. The van der Waals surface area contributed by atoms with E-state index in [9.17, 15) is 45.6 Å². The second-order valence-corrected chi connectivity index (χ2v) is 5.39. The summed E-state index contributed by atoms with van der Waals surface area (Å²) in [5.41, 5.74) is -5.72. The summed E-state index contributed by atoms with van der Waals surface area (Å²) >= 11 is 5.30. The van der Waals surface area contributed by atoms with E-state index in [2.05, 4.69) is 5.10 Å². The van der Waals surface area contributed by atoms with E-state index in [1.54, 1.807) is 0 Å². The van der Waals surface area contributed by atoms with E-state index in [4.69, 9.17) is 11.6 Å². The van der Waals surface area contributed by atoms with Crippen molar-refractivity contribution in [3.05, 3.63) is 45.1 Å². The highest BCUT2D eigenvalue weighted by atomic mass is 35.5.